The van der Waals surface area contributed by atoms with Crippen molar-refractivity contribution < 1.29 is 9.84 Å². The summed E-state index contributed by atoms with van der Waals surface area (Å²) in [5.74, 6) is 1.32. The van der Waals surface area contributed by atoms with Crippen LogP contribution in [0.25, 0.3) is 11.3 Å². The number of hydrogen-bond donors (Lipinski definition) is 2. The van der Waals surface area contributed by atoms with Gasteiger partial charge in [0, 0.05) is 36.0 Å². The first-order chi connectivity index (χ1) is 13.9. The Morgan fingerprint density at radius 2 is 2.00 bits per heavy atom. The third-order valence-corrected chi connectivity index (χ3v) is 6.56. The second-order valence-electron chi connectivity index (χ2n) is 8.65. The van der Waals surface area contributed by atoms with Crippen LogP contribution in [0.1, 0.15) is 34.7 Å². The molecule has 1 atom stereocenters. The van der Waals surface area contributed by atoms with Crippen molar-refractivity contribution >= 4 is 5.69 Å². The molecule has 3 aromatic rings. The van der Waals surface area contributed by atoms with Gasteiger partial charge in [0.2, 0.25) is 0 Å². The average Bonchev–Trinajstić information content (AvgIpc) is 3.43. The first-order valence-electron chi connectivity index (χ1n) is 10.3. The summed E-state index contributed by atoms with van der Waals surface area (Å²) in [4.78, 5) is 0. The van der Waals surface area contributed by atoms with Crippen molar-refractivity contribution in [2.75, 3.05) is 11.9 Å². The van der Waals surface area contributed by atoms with Crippen LogP contribution >= 0.6 is 0 Å². The molecule has 5 rings (SSSR count). The maximum Gasteiger partial charge on any atom is 0.130 e. The first kappa shape index (κ1) is 18.1. The van der Waals surface area contributed by atoms with E-state index >= 15 is 0 Å². The van der Waals surface area contributed by atoms with E-state index < -0.39 is 5.60 Å². The molecule has 0 radical (unpaired) electrons. The largest absolute Gasteiger partial charge is 0.507 e. The number of phenolic OH excluding ortho intramolecular Hbond substituents is 1. The van der Waals surface area contributed by atoms with Crippen LogP contribution in [0.2, 0.25) is 0 Å². The molecular weight excluding hydrogens is 362 g/mol. The highest BCUT2D eigenvalue weighted by Gasteiger charge is 2.39. The fourth-order valence-electron chi connectivity index (χ4n) is 4.82. The van der Waals surface area contributed by atoms with Crippen molar-refractivity contribution in [3.63, 3.8) is 0 Å². The van der Waals surface area contributed by atoms with Gasteiger partial charge < -0.3 is 15.2 Å². The van der Waals surface area contributed by atoms with Crippen molar-refractivity contribution in [1.82, 2.24) is 9.78 Å². The molecule has 0 saturated carbocycles. The lowest BCUT2D eigenvalue weighted by molar-refractivity contribution is 0.0906. The van der Waals surface area contributed by atoms with Crippen molar-refractivity contribution in [2.24, 2.45) is 0 Å². The van der Waals surface area contributed by atoms with Crippen molar-refractivity contribution in [3.8, 4) is 22.8 Å². The number of para-hydroxylation sites is 1. The quantitative estimate of drug-likeness (QED) is 0.690. The van der Waals surface area contributed by atoms with E-state index in [0.717, 1.165) is 53.1 Å². The first-order valence-corrected chi connectivity index (χ1v) is 10.3. The van der Waals surface area contributed by atoms with Gasteiger partial charge in [-0.1, -0.05) is 18.2 Å². The van der Waals surface area contributed by atoms with E-state index in [1.54, 1.807) is 0 Å². The lowest BCUT2D eigenvalue weighted by Gasteiger charge is -2.25. The molecule has 2 aromatic carbocycles. The zero-order valence-electron chi connectivity index (χ0n) is 17.5. The molecule has 0 aliphatic carbocycles. The molecule has 0 amide bonds. The molecule has 29 heavy (non-hydrogen) atoms. The molecule has 0 spiro atoms. The Kier molecular flexibility index (Phi) is 3.92. The van der Waals surface area contributed by atoms with Crippen LogP contribution in [-0.4, -0.2) is 27.0 Å². The molecular formula is C24H27N3O2. The Labute approximate surface area is 171 Å². The van der Waals surface area contributed by atoms with Gasteiger partial charge in [0.1, 0.15) is 17.1 Å². The zero-order valence-corrected chi connectivity index (χ0v) is 17.5. The molecule has 0 bridgehead atoms. The minimum absolute atomic E-state index is 0.389. The van der Waals surface area contributed by atoms with Gasteiger partial charge >= 0.3 is 0 Å². The second-order valence-corrected chi connectivity index (χ2v) is 8.65. The van der Waals surface area contributed by atoms with Crippen LogP contribution in [0.15, 0.2) is 30.5 Å². The summed E-state index contributed by atoms with van der Waals surface area (Å²) in [6.45, 7) is 9.72. The maximum absolute atomic E-state index is 10.5. The summed E-state index contributed by atoms with van der Waals surface area (Å²) >= 11 is 0. The van der Waals surface area contributed by atoms with Crippen molar-refractivity contribution in [1.29, 1.82) is 0 Å². The highest BCUT2D eigenvalue weighted by molar-refractivity contribution is 5.80. The zero-order chi connectivity index (χ0) is 20.3. The molecule has 150 valence electrons. The third kappa shape index (κ3) is 2.71. The number of aromatic nitrogens is 2. The van der Waals surface area contributed by atoms with Gasteiger partial charge in [0.25, 0.3) is 0 Å². The van der Waals surface area contributed by atoms with E-state index in [2.05, 4.69) is 46.3 Å². The summed E-state index contributed by atoms with van der Waals surface area (Å²) < 4.78 is 8.57. The molecule has 5 heteroatoms. The minimum atomic E-state index is -0.412. The summed E-state index contributed by atoms with van der Waals surface area (Å²) in [6.07, 6.45) is 3.68. The van der Waals surface area contributed by atoms with E-state index in [4.69, 9.17) is 4.74 Å². The van der Waals surface area contributed by atoms with E-state index in [1.807, 2.05) is 27.0 Å². The van der Waals surface area contributed by atoms with Gasteiger partial charge in [-0.25, -0.2) is 0 Å². The Hall–Kier alpha value is -2.95. The summed E-state index contributed by atoms with van der Waals surface area (Å²) in [5.41, 5.74) is 8.44. The molecule has 2 N–H and O–H groups in total. The topological polar surface area (TPSA) is 59.3 Å². The number of fused-ring (bicyclic) bond motifs is 2. The van der Waals surface area contributed by atoms with Crippen LogP contribution in [0, 0.1) is 20.8 Å². The van der Waals surface area contributed by atoms with Gasteiger partial charge in [-0.05, 0) is 62.4 Å². The van der Waals surface area contributed by atoms with E-state index in [-0.39, 0.29) is 0 Å². The van der Waals surface area contributed by atoms with Crippen LogP contribution in [0.5, 0.6) is 11.5 Å². The molecule has 3 heterocycles. The van der Waals surface area contributed by atoms with Gasteiger partial charge in [-0.3, -0.25) is 4.68 Å². The molecule has 2 aliphatic rings. The van der Waals surface area contributed by atoms with Gasteiger partial charge in [-0.2, -0.15) is 5.10 Å². The fraction of sp³-hybridized carbons (Fsp3) is 0.375. The molecule has 0 saturated heterocycles. The SMILES string of the molecule is Cc1c(C)c2c(c(C)c1O)C[C@](C)(Cn1nccc1-c1cccc3c1NCC3)O2. The lowest BCUT2D eigenvalue weighted by atomic mass is 9.92. The van der Waals surface area contributed by atoms with Crippen molar-refractivity contribution in [2.45, 2.75) is 52.7 Å². The molecule has 0 unspecified atom stereocenters. The van der Waals surface area contributed by atoms with Gasteiger partial charge in [-0.15, -0.1) is 0 Å². The molecule has 0 fully saturated rings. The van der Waals surface area contributed by atoms with E-state index in [0.29, 0.717) is 12.3 Å². The van der Waals surface area contributed by atoms with Crippen LogP contribution in [0.3, 0.4) is 0 Å². The molecule has 5 nitrogen and oxygen atoms in total. The van der Waals surface area contributed by atoms with E-state index in [1.165, 1.54) is 16.8 Å². The molecule has 2 aliphatic heterocycles. The monoisotopic (exact) mass is 389 g/mol. The Bertz CT molecular complexity index is 1090. The van der Waals surface area contributed by atoms with Crippen molar-refractivity contribution in [3.05, 3.63) is 58.3 Å². The lowest BCUT2D eigenvalue weighted by Crippen LogP contribution is -2.36. The summed E-state index contributed by atoms with van der Waals surface area (Å²) in [7, 11) is 0. The number of nitrogens with one attached hydrogen (secondary N) is 1. The molecule has 1 aromatic heterocycles. The summed E-state index contributed by atoms with van der Waals surface area (Å²) in [6, 6.07) is 8.55. The van der Waals surface area contributed by atoms with Crippen LogP contribution in [0.4, 0.5) is 5.69 Å². The third-order valence-electron chi connectivity index (χ3n) is 6.56. The number of aromatic hydroxyl groups is 1. The van der Waals surface area contributed by atoms with Gasteiger partial charge in [0.05, 0.1) is 12.2 Å². The number of ether oxygens (including phenoxy) is 1. The van der Waals surface area contributed by atoms with Gasteiger partial charge in [0.15, 0.2) is 0 Å². The Balaban J connectivity index is 1.50. The highest BCUT2D eigenvalue weighted by Crippen LogP contribution is 2.45. The second kappa shape index (κ2) is 6.28. The average molecular weight is 389 g/mol. The van der Waals surface area contributed by atoms with E-state index in [9.17, 15) is 5.11 Å². The minimum Gasteiger partial charge on any atom is -0.507 e. The predicted octanol–water partition coefficient (Wildman–Crippen LogP) is 4.54. The van der Waals surface area contributed by atoms with Crippen LogP contribution < -0.4 is 10.1 Å². The Morgan fingerprint density at radius 3 is 2.83 bits per heavy atom. The normalized spacial score (nSPS) is 19.6. The standard InChI is InChI=1S/C24H27N3O2/c1-14-15(2)23-19(16(3)22(14)28)12-24(4,29-23)13-27-20(9-11-26-27)18-7-5-6-17-8-10-25-21(17)18/h5-7,9,11,25,28H,8,10,12-13H2,1-4H3/t24-/m1/s1. The predicted molar refractivity (Wildman–Crippen MR) is 115 cm³/mol. The fourth-order valence-corrected chi connectivity index (χ4v) is 4.82. The van der Waals surface area contributed by atoms with Crippen LogP contribution in [-0.2, 0) is 19.4 Å². The number of phenols is 1. The number of rotatable bonds is 3. The smallest absolute Gasteiger partial charge is 0.130 e. The summed E-state index contributed by atoms with van der Waals surface area (Å²) in [5, 5.41) is 18.6. The number of nitrogens with zero attached hydrogens (tertiary/aromatic N) is 2. The number of hydrogen-bond acceptors (Lipinski definition) is 4. The highest BCUT2D eigenvalue weighted by atomic mass is 16.5. The number of benzene rings is 2. The number of anilines is 1. The maximum atomic E-state index is 10.5. The Morgan fingerprint density at radius 1 is 1.17 bits per heavy atom.